The first-order chi connectivity index (χ1) is 34.2. The quantitative estimate of drug-likeness (QED) is 0.159. The van der Waals surface area contributed by atoms with Gasteiger partial charge in [-0.25, -0.2) is 9.97 Å². The molecule has 0 bridgehead atoms. The summed E-state index contributed by atoms with van der Waals surface area (Å²) in [5, 5.41) is 10.1. The molecule has 0 amide bonds. The largest absolute Gasteiger partial charge is 0.338 e. The zero-order valence-corrected chi connectivity index (χ0v) is 38.6. The molecule has 0 saturated carbocycles. The molecule has 2 aliphatic heterocycles. The molecule has 0 spiro atoms. The highest BCUT2D eigenvalue weighted by atomic mass is 32.1. The fourth-order valence-corrected chi connectivity index (χ4v) is 11.6. The van der Waals surface area contributed by atoms with Crippen LogP contribution in [0.5, 0.6) is 0 Å². The van der Waals surface area contributed by atoms with Crippen molar-refractivity contribution in [2.45, 2.75) is 37.8 Å². The van der Waals surface area contributed by atoms with Crippen LogP contribution in [0.4, 0.5) is 0 Å². The zero-order valence-electron chi connectivity index (χ0n) is 37.8. The van der Waals surface area contributed by atoms with E-state index in [-0.39, 0.29) is 12.1 Å². The molecule has 7 heteroatoms. The molecule has 2 unspecified atom stereocenters. The number of nitrogens with one attached hydrogen (secondary N) is 2. The minimum Gasteiger partial charge on any atom is -0.338 e. The summed E-state index contributed by atoms with van der Waals surface area (Å²) in [6.07, 6.45) is 3.45. The van der Waals surface area contributed by atoms with Crippen molar-refractivity contribution in [3.63, 3.8) is 0 Å². The minimum absolute atomic E-state index is 0.200. The molecule has 13 rings (SSSR count). The fraction of sp³-hybridized carbons (Fsp3) is 0.0968. The van der Waals surface area contributed by atoms with Crippen molar-refractivity contribution in [2.75, 3.05) is 0 Å². The molecular formula is C62H46N6S. The number of aromatic nitrogens is 2. The van der Waals surface area contributed by atoms with Crippen LogP contribution < -0.4 is 10.6 Å². The lowest BCUT2D eigenvalue weighted by atomic mass is 9.81. The Morgan fingerprint density at radius 2 is 0.768 bits per heavy atom. The number of aliphatic imine (C=N–C) groups is 2. The Hall–Kier alpha value is -8.26. The van der Waals surface area contributed by atoms with Gasteiger partial charge >= 0.3 is 0 Å². The molecule has 2 atom stereocenters. The molecule has 330 valence electrons. The van der Waals surface area contributed by atoms with Gasteiger partial charge in [-0.3, -0.25) is 9.98 Å². The number of fused-ring (bicyclic) bond motifs is 4. The summed E-state index contributed by atoms with van der Waals surface area (Å²) in [6.45, 7) is 0. The predicted molar refractivity (Wildman–Crippen MR) is 283 cm³/mol. The molecule has 0 saturated heterocycles. The van der Waals surface area contributed by atoms with E-state index < -0.39 is 0 Å². The van der Waals surface area contributed by atoms with E-state index >= 15 is 0 Å². The van der Waals surface area contributed by atoms with E-state index in [1.165, 1.54) is 55.0 Å². The maximum atomic E-state index is 5.61. The Labute approximate surface area is 406 Å². The van der Waals surface area contributed by atoms with Gasteiger partial charge in [-0.2, -0.15) is 0 Å². The number of pyridine rings is 2. The number of thiophene rings is 1. The van der Waals surface area contributed by atoms with E-state index in [1.54, 1.807) is 11.3 Å². The first-order valence-electron chi connectivity index (χ1n) is 23.9. The number of hydrogen-bond donors (Lipinski definition) is 2. The summed E-state index contributed by atoms with van der Waals surface area (Å²) in [4.78, 5) is 23.5. The molecule has 0 fully saturated rings. The molecule has 6 nitrogen and oxygen atoms in total. The van der Waals surface area contributed by atoms with Crippen molar-refractivity contribution < 1.29 is 0 Å². The van der Waals surface area contributed by atoms with Gasteiger partial charge in [-0.1, -0.05) is 182 Å². The van der Waals surface area contributed by atoms with Crippen molar-refractivity contribution in [1.29, 1.82) is 0 Å². The van der Waals surface area contributed by atoms with Crippen LogP contribution in [0.1, 0.15) is 69.0 Å². The van der Waals surface area contributed by atoms with Gasteiger partial charge in [0.15, 0.2) is 0 Å². The molecule has 4 aliphatic rings. The minimum atomic E-state index is -0.208. The van der Waals surface area contributed by atoms with Gasteiger partial charge < -0.3 is 10.6 Å². The van der Waals surface area contributed by atoms with Crippen LogP contribution in [0.15, 0.2) is 227 Å². The van der Waals surface area contributed by atoms with E-state index in [1.807, 2.05) is 0 Å². The highest BCUT2D eigenvalue weighted by Crippen LogP contribution is 2.49. The average molecular weight is 907 g/mol. The molecule has 2 aliphatic carbocycles. The Balaban J connectivity index is 0.966. The SMILES string of the molecule is c1ccc(C2=NC(c3csc(C4N=C(c5ccccc5)NC5=C4CCc4c(-c6ccccc6)cc(-c6ccccc6)nc45)c3)C3=C(N2)c2nc(-c4ccccc4)cc(-c4ccccc4)c2CC3)cc1. The Morgan fingerprint density at radius 3 is 1.20 bits per heavy atom. The Bertz CT molecular complexity index is 3290. The van der Waals surface area contributed by atoms with Crippen LogP contribution in [0.3, 0.4) is 0 Å². The van der Waals surface area contributed by atoms with Gasteiger partial charge in [0.25, 0.3) is 0 Å². The number of hydrogen-bond acceptors (Lipinski definition) is 7. The van der Waals surface area contributed by atoms with Crippen LogP contribution in [0.25, 0.3) is 56.2 Å². The number of nitrogens with zero attached hydrogens (tertiary/aromatic N) is 4. The van der Waals surface area contributed by atoms with Crippen LogP contribution in [-0.4, -0.2) is 21.6 Å². The molecule has 2 N–H and O–H groups in total. The van der Waals surface area contributed by atoms with E-state index in [0.717, 1.165) is 93.8 Å². The number of amidine groups is 2. The first-order valence-corrected chi connectivity index (χ1v) is 24.7. The normalized spacial score (nSPS) is 17.0. The van der Waals surface area contributed by atoms with Crippen molar-refractivity contribution in [2.24, 2.45) is 9.98 Å². The van der Waals surface area contributed by atoms with Crippen LogP contribution in [-0.2, 0) is 12.8 Å². The van der Waals surface area contributed by atoms with Crippen molar-refractivity contribution in [1.82, 2.24) is 20.6 Å². The van der Waals surface area contributed by atoms with Crippen LogP contribution >= 0.6 is 11.3 Å². The van der Waals surface area contributed by atoms with Crippen molar-refractivity contribution >= 4 is 34.4 Å². The summed E-state index contributed by atoms with van der Waals surface area (Å²) in [5.74, 6) is 1.70. The Morgan fingerprint density at radius 1 is 0.391 bits per heavy atom. The standard InChI is InChI=1S/C62H46N6S/c1-7-19-39(20-8-1)50-36-52(41-23-11-3-12-24-41)63-57-46(50)31-33-48-55(65-61(67-59(48)57)43-27-15-5-16-28-43)45-35-54(69-38-45)56-49-34-32-47-51(40-21-9-2-10-22-40)37-53(42-25-13-4-14-26-42)64-58(47)60(49)68-62(66-56)44-29-17-6-18-30-44/h1-30,35-38,55-56H,31-34H2,(H,65,67)(H,66,68). The van der Waals surface area contributed by atoms with E-state index in [9.17, 15) is 0 Å². The third kappa shape index (κ3) is 7.52. The maximum Gasteiger partial charge on any atom is 0.133 e. The summed E-state index contributed by atoms with van der Waals surface area (Å²) in [6, 6.07) is 70.2. The van der Waals surface area contributed by atoms with Crippen LogP contribution in [0, 0.1) is 0 Å². The number of rotatable bonds is 8. The van der Waals surface area contributed by atoms with Gasteiger partial charge in [0.05, 0.1) is 34.2 Å². The van der Waals surface area contributed by atoms with Gasteiger partial charge in [0.1, 0.15) is 23.8 Å². The predicted octanol–water partition coefficient (Wildman–Crippen LogP) is 14.1. The monoisotopic (exact) mass is 906 g/mol. The molecule has 69 heavy (non-hydrogen) atoms. The number of benzene rings is 6. The lowest BCUT2D eigenvalue weighted by molar-refractivity contribution is 0.727. The van der Waals surface area contributed by atoms with E-state index in [4.69, 9.17) is 20.0 Å². The summed E-state index contributed by atoms with van der Waals surface area (Å²) in [7, 11) is 0. The van der Waals surface area contributed by atoms with E-state index in [0.29, 0.717) is 0 Å². The van der Waals surface area contributed by atoms with E-state index in [2.05, 4.69) is 216 Å². The molecule has 3 aromatic heterocycles. The highest BCUT2D eigenvalue weighted by molar-refractivity contribution is 7.10. The molecule has 0 radical (unpaired) electrons. The molecule has 9 aromatic rings. The third-order valence-corrected chi connectivity index (χ3v) is 14.9. The zero-order chi connectivity index (χ0) is 45.7. The first kappa shape index (κ1) is 41.0. The third-order valence-electron chi connectivity index (χ3n) is 13.9. The molecule has 6 aromatic carbocycles. The van der Waals surface area contributed by atoms with Gasteiger partial charge in [-0.15, -0.1) is 11.3 Å². The van der Waals surface area contributed by atoms with Crippen LogP contribution in [0.2, 0.25) is 0 Å². The smallest absolute Gasteiger partial charge is 0.133 e. The van der Waals surface area contributed by atoms with Gasteiger partial charge in [0, 0.05) is 27.1 Å². The Kier molecular flexibility index (Phi) is 10.4. The van der Waals surface area contributed by atoms with Gasteiger partial charge in [-0.05, 0) is 99.4 Å². The summed E-state index contributed by atoms with van der Waals surface area (Å²) < 4.78 is 0. The average Bonchev–Trinajstić information content (AvgIpc) is 3.93. The fourth-order valence-electron chi connectivity index (χ4n) is 10.6. The molecular weight excluding hydrogens is 861 g/mol. The lowest BCUT2D eigenvalue weighted by Gasteiger charge is -2.33. The van der Waals surface area contributed by atoms with Gasteiger partial charge in [0.2, 0.25) is 0 Å². The summed E-state index contributed by atoms with van der Waals surface area (Å²) >= 11 is 1.79. The summed E-state index contributed by atoms with van der Waals surface area (Å²) in [5.41, 5.74) is 21.4. The highest BCUT2D eigenvalue weighted by Gasteiger charge is 2.37. The maximum absolute atomic E-state index is 5.61. The second-order valence-electron chi connectivity index (χ2n) is 18.1. The van der Waals surface area contributed by atoms with Crippen molar-refractivity contribution in [3.05, 3.63) is 261 Å². The topological polar surface area (TPSA) is 74.6 Å². The lowest BCUT2D eigenvalue weighted by Crippen LogP contribution is -2.33. The second kappa shape index (κ2) is 17.4. The van der Waals surface area contributed by atoms with Crippen molar-refractivity contribution in [3.8, 4) is 44.8 Å². The molecule has 5 heterocycles. The second-order valence-corrected chi connectivity index (χ2v) is 19.0.